The third-order valence-electron chi connectivity index (χ3n) is 3.93. The number of benzene rings is 1. The number of rotatable bonds is 4. The summed E-state index contributed by atoms with van der Waals surface area (Å²) < 4.78 is 5.55. The van der Waals surface area contributed by atoms with Crippen LogP contribution in [0.5, 0.6) is 0 Å². The van der Waals surface area contributed by atoms with E-state index in [0.717, 1.165) is 34.4 Å². The summed E-state index contributed by atoms with van der Waals surface area (Å²) in [6.07, 6.45) is 1.29. The zero-order valence-electron chi connectivity index (χ0n) is 12.5. The van der Waals surface area contributed by atoms with Crippen LogP contribution in [0, 0.1) is 26.7 Å². The van der Waals surface area contributed by atoms with Crippen molar-refractivity contribution in [2.45, 2.75) is 33.6 Å². The number of hydrogen-bond acceptors (Lipinski definition) is 2. The predicted octanol–water partition coefficient (Wildman–Crippen LogP) is 4.19. The predicted molar refractivity (Wildman–Crippen MR) is 83.0 cm³/mol. The van der Waals surface area contributed by atoms with Crippen LogP contribution in [-0.2, 0) is 9.53 Å². The largest absolute Gasteiger partial charge is 0.500 e. The average molecular weight is 293 g/mol. The van der Waals surface area contributed by atoms with E-state index in [1.165, 1.54) is 5.56 Å². The normalized spacial score (nSPS) is 18.9. The number of Topliss-reactive ketones (excluding diaryl/α,β-unsaturated/α-hetero) is 1. The second kappa shape index (κ2) is 6.01. The van der Waals surface area contributed by atoms with Gasteiger partial charge in [0.25, 0.3) is 0 Å². The number of carbonyl (C=O) groups is 1. The zero-order valence-corrected chi connectivity index (χ0v) is 13.3. The number of ether oxygens (including phenoxy) is 1. The lowest BCUT2D eigenvalue weighted by atomic mass is 9.92. The van der Waals surface area contributed by atoms with Crippen LogP contribution in [0.25, 0.3) is 5.57 Å². The molecule has 0 heterocycles. The lowest BCUT2D eigenvalue weighted by Crippen LogP contribution is -2.03. The van der Waals surface area contributed by atoms with Crippen LogP contribution in [0.15, 0.2) is 17.9 Å². The quantitative estimate of drug-likeness (QED) is 0.778. The van der Waals surface area contributed by atoms with Crippen molar-refractivity contribution in [1.82, 2.24) is 0 Å². The number of carbonyl (C=O) groups excluding carboxylic acids is 1. The van der Waals surface area contributed by atoms with E-state index in [4.69, 9.17) is 16.3 Å². The van der Waals surface area contributed by atoms with E-state index in [1.807, 2.05) is 0 Å². The molecule has 108 valence electrons. The number of halogens is 1. The van der Waals surface area contributed by atoms with Gasteiger partial charge in [0.1, 0.15) is 5.76 Å². The van der Waals surface area contributed by atoms with Crippen molar-refractivity contribution in [1.29, 1.82) is 0 Å². The first-order chi connectivity index (χ1) is 9.49. The number of allylic oxidation sites excluding steroid dienone is 2. The second-order valence-electron chi connectivity index (χ2n) is 5.52. The fraction of sp³-hybridized carbons (Fsp3) is 0.471. The fourth-order valence-corrected chi connectivity index (χ4v) is 3.49. The summed E-state index contributed by atoms with van der Waals surface area (Å²) in [5.41, 5.74) is 5.28. The molecule has 0 bridgehead atoms. The Kier molecular flexibility index (Phi) is 4.54. The van der Waals surface area contributed by atoms with Gasteiger partial charge < -0.3 is 4.74 Å². The highest BCUT2D eigenvalue weighted by atomic mass is 35.5. The summed E-state index contributed by atoms with van der Waals surface area (Å²) in [5.74, 6) is 1.65. The standard InChI is InChI=1S/C17H21ClO2/c1-10-7-11(2)15(12(3)8-10)16-14(19)9-13(5-6-18)17(16)20-4/h7-8,13H,5-6,9H2,1-4H3. The minimum Gasteiger partial charge on any atom is -0.500 e. The molecule has 0 amide bonds. The second-order valence-corrected chi connectivity index (χ2v) is 5.90. The molecule has 1 aromatic rings. The van der Waals surface area contributed by atoms with Crippen molar-refractivity contribution in [3.05, 3.63) is 40.1 Å². The van der Waals surface area contributed by atoms with E-state index >= 15 is 0 Å². The molecule has 0 fully saturated rings. The van der Waals surface area contributed by atoms with E-state index in [2.05, 4.69) is 32.9 Å². The highest BCUT2D eigenvalue weighted by Crippen LogP contribution is 2.40. The van der Waals surface area contributed by atoms with E-state index in [0.29, 0.717) is 12.3 Å². The lowest BCUT2D eigenvalue weighted by molar-refractivity contribution is -0.113. The Labute approximate surface area is 125 Å². The molecule has 0 radical (unpaired) electrons. The Balaban J connectivity index is 2.59. The summed E-state index contributed by atoms with van der Waals surface area (Å²) in [4.78, 5) is 12.4. The summed E-state index contributed by atoms with van der Waals surface area (Å²) >= 11 is 5.84. The molecule has 1 atom stereocenters. The molecular formula is C17H21ClO2. The molecule has 1 aliphatic carbocycles. The molecule has 1 unspecified atom stereocenters. The minimum atomic E-state index is 0.125. The van der Waals surface area contributed by atoms with Gasteiger partial charge in [-0.05, 0) is 43.9 Å². The molecule has 1 aromatic carbocycles. The van der Waals surface area contributed by atoms with Crippen molar-refractivity contribution < 1.29 is 9.53 Å². The maximum atomic E-state index is 12.4. The third-order valence-corrected chi connectivity index (χ3v) is 4.15. The molecule has 2 nitrogen and oxygen atoms in total. The van der Waals surface area contributed by atoms with Crippen LogP contribution >= 0.6 is 11.6 Å². The van der Waals surface area contributed by atoms with Crippen LogP contribution in [0.2, 0.25) is 0 Å². The summed E-state index contributed by atoms with van der Waals surface area (Å²) in [6.45, 7) is 6.18. The summed E-state index contributed by atoms with van der Waals surface area (Å²) in [5, 5.41) is 0. The first kappa shape index (κ1) is 15.1. The van der Waals surface area contributed by atoms with E-state index in [-0.39, 0.29) is 11.7 Å². The maximum Gasteiger partial charge on any atom is 0.167 e. The molecule has 0 N–H and O–H groups in total. The molecule has 3 heteroatoms. The lowest BCUT2D eigenvalue weighted by Gasteiger charge is -2.15. The Bertz CT molecular complexity index is 549. The molecule has 0 aliphatic heterocycles. The highest BCUT2D eigenvalue weighted by Gasteiger charge is 2.35. The Morgan fingerprint density at radius 2 is 1.85 bits per heavy atom. The number of methoxy groups -OCH3 is 1. The summed E-state index contributed by atoms with van der Waals surface area (Å²) in [6, 6.07) is 4.23. The van der Waals surface area contributed by atoms with Crippen LogP contribution in [0.4, 0.5) is 0 Å². The minimum absolute atomic E-state index is 0.125. The molecule has 1 aliphatic rings. The fourth-order valence-electron chi connectivity index (χ4n) is 3.23. The van der Waals surface area contributed by atoms with Crippen LogP contribution in [0.3, 0.4) is 0 Å². The van der Waals surface area contributed by atoms with E-state index in [9.17, 15) is 4.79 Å². The van der Waals surface area contributed by atoms with Gasteiger partial charge in [-0.3, -0.25) is 4.79 Å². The average Bonchev–Trinajstić information content (AvgIpc) is 2.65. The van der Waals surface area contributed by atoms with E-state index in [1.54, 1.807) is 7.11 Å². The monoisotopic (exact) mass is 292 g/mol. The molecule has 0 saturated carbocycles. The van der Waals surface area contributed by atoms with Crippen molar-refractivity contribution in [3.63, 3.8) is 0 Å². The maximum absolute atomic E-state index is 12.4. The van der Waals surface area contributed by atoms with Gasteiger partial charge in [-0.25, -0.2) is 0 Å². The third kappa shape index (κ3) is 2.62. The Morgan fingerprint density at radius 1 is 1.25 bits per heavy atom. The number of ketones is 1. The van der Waals surface area contributed by atoms with Crippen molar-refractivity contribution in [2.75, 3.05) is 13.0 Å². The van der Waals surface area contributed by atoms with Crippen molar-refractivity contribution >= 4 is 23.0 Å². The van der Waals surface area contributed by atoms with Crippen LogP contribution in [-0.4, -0.2) is 18.8 Å². The molecule has 2 rings (SSSR count). The number of hydrogen-bond donors (Lipinski definition) is 0. The van der Waals surface area contributed by atoms with Crippen molar-refractivity contribution in [2.24, 2.45) is 5.92 Å². The van der Waals surface area contributed by atoms with Gasteiger partial charge in [0.15, 0.2) is 5.78 Å². The Hall–Kier alpha value is -1.28. The van der Waals surface area contributed by atoms with Gasteiger partial charge >= 0.3 is 0 Å². The van der Waals surface area contributed by atoms with Gasteiger partial charge in [-0.2, -0.15) is 0 Å². The van der Waals surface area contributed by atoms with Gasteiger partial charge in [0.2, 0.25) is 0 Å². The van der Waals surface area contributed by atoms with Gasteiger partial charge in [-0.1, -0.05) is 17.7 Å². The van der Waals surface area contributed by atoms with Crippen LogP contribution in [0.1, 0.15) is 35.1 Å². The first-order valence-electron chi connectivity index (χ1n) is 6.95. The van der Waals surface area contributed by atoms with Crippen LogP contribution < -0.4 is 0 Å². The van der Waals surface area contributed by atoms with Crippen molar-refractivity contribution in [3.8, 4) is 0 Å². The smallest absolute Gasteiger partial charge is 0.167 e. The number of aryl methyl sites for hydroxylation is 3. The molecule has 0 spiro atoms. The van der Waals surface area contributed by atoms with Gasteiger partial charge in [0, 0.05) is 18.2 Å². The topological polar surface area (TPSA) is 26.3 Å². The number of alkyl halides is 1. The van der Waals surface area contributed by atoms with Gasteiger partial charge in [-0.15, -0.1) is 11.6 Å². The molecular weight excluding hydrogens is 272 g/mol. The molecule has 20 heavy (non-hydrogen) atoms. The molecule has 0 aromatic heterocycles. The first-order valence-corrected chi connectivity index (χ1v) is 7.48. The summed E-state index contributed by atoms with van der Waals surface area (Å²) in [7, 11) is 1.65. The Morgan fingerprint density at radius 3 is 2.35 bits per heavy atom. The highest BCUT2D eigenvalue weighted by molar-refractivity contribution is 6.24. The van der Waals surface area contributed by atoms with Gasteiger partial charge in [0.05, 0.1) is 12.7 Å². The van der Waals surface area contributed by atoms with E-state index < -0.39 is 0 Å². The SMILES string of the molecule is COC1=C(c2c(C)cc(C)cc2C)C(=O)CC1CCCl. The molecule has 0 saturated heterocycles. The zero-order chi connectivity index (χ0) is 14.9.